The Morgan fingerprint density at radius 1 is 1.12 bits per heavy atom. The molecule has 88 valence electrons. The quantitative estimate of drug-likeness (QED) is 0.824. The summed E-state index contributed by atoms with van der Waals surface area (Å²) in [5.74, 6) is 0.535. The lowest BCUT2D eigenvalue weighted by Gasteiger charge is -2.09. The van der Waals surface area contributed by atoms with Gasteiger partial charge in [0.2, 0.25) is 0 Å². The fourth-order valence-electron chi connectivity index (χ4n) is 1.73. The molecular formula is C14H14FNO. The van der Waals surface area contributed by atoms with Gasteiger partial charge < -0.3 is 10.5 Å². The third-order valence-corrected chi connectivity index (χ3v) is 2.62. The molecule has 17 heavy (non-hydrogen) atoms. The van der Waals surface area contributed by atoms with Crippen LogP contribution in [0, 0.1) is 5.82 Å². The summed E-state index contributed by atoms with van der Waals surface area (Å²) < 4.78 is 18.1. The van der Waals surface area contributed by atoms with E-state index in [0.717, 1.165) is 16.9 Å². The Hall–Kier alpha value is -2.03. The Balaban J connectivity index is 2.26. The van der Waals surface area contributed by atoms with Gasteiger partial charge in [0.05, 0.1) is 7.11 Å². The Bertz CT molecular complexity index is 508. The van der Waals surface area contributed by atoms with Gasteiger partial charge >= 0.3 is 0 Å². The Kier molecular flexibility index (Phi) is 3.28. The zero-order chi connectivity index (χ0) is 12.3. The minimum absolute atomic E-state index is 0.224. The van der Waals surface area contributed by atoms with Crippen LogP contribution in [0.15, 0.2) is 42.5 Å². The second-order valence-corrected chi connectivity index (χ2v) is 3.87. The first-order chi connectivity index (χ1) is 8.19. The van der Waals surface area contributed by atoms with Crippen LogP contribution in [0.5, 0.6) is 5.75 Å². The zero-order valence-electron chi connectivity index (χ0n) is 9.61. The molecule has 2 N–H and O–H groups in total. The second-order valence-electron chi connectivity index (χ2n) is 3.87. The highest BCUT2D eigenvalue weighted by atomic mass is 19.1. The van der Waals surface area contributed by atoms with Gasteiger partial charge in [-0.05, 0) is 29.3 Å². The van der Waals surface area contributed by atoms with Crippen LogP contribution >= 0.6 is 0 Å². The molecule has 0 aromatic heterocycles. The van der Waals surface area contributed by atoms with E-state index in [1.165, 1.54) is 12.1 Å². The summed E-state index contributed by atoms with van der Waals surface area (Å²) in [5, 5.41) is 0. The fraction of sp³-hybridized carbons (Fsp3) is 0.143. The van der Waals surface area contributed by atoms with Crippen LogP contribution in [0.3, 0.4) is 0 Å². The highest BCUT2D eigenvalue weighted by molar-refractivity contribution is 5.49. The SMILES string of the molecule is COc1cc(N)ccc1Cc1ccc(F)cc1. The molecule has 2 aromatic rings. The van der Waals surface area contributed by atoms with Crippen LogP contribution in [0.1, 0.15) is 11.1 Å². The summed E-state index contributed by atoms with van der Waals surface area (Å²) in [4.78, 5) is 0. The number of halogens is 1. The summed E-state index contributed by atoms with van der Waals surface area (Å²) in [6.45, 7) is 0. The molecule has 0 spiro atoms. The molecule has 2 rings (SSSR count). The summed E-state index contributed by atoms with van der Waals surface area (Å²) in [5.41, 5.74) is 8.43. The Morgan fingerprint density at radius 2 is 1.82 bits per heavy atom. The van der Waals surface area contributed by atoms with E-state index in [2.05, 4.69) is 0 Å². The molecule has 0 saturated heterocycles. The van der Waals surface area contributed by atoms with Crippen molar-refractivity contribution >= 4 is 5.69 Å². The lowest BCUT2D eigenvalue weighted by molar-refractivity contribution is 0.411. The van der Waals surface area contributed by atoms with Crippen molar-refractivity contribution in [1.29, 1.82) is 0 Å². The minimum Gasteiger partial charge on any atom is -0.496 e. The van der Waals surface area contributed by atoms with Gasteiger partial charge in [-0.1, -0.05) is 18.2 Å². The number of ether oxygens (including phenoxy) is 1. The maximum Gasteiger partial charge on any atom is 0.124 e. The molecular weight excluding hydrogens is 217 g/mol. The van der Waals surface area contributed by atoms with Gasteiger partial charge in [-0.25, -0.2) is 4.39 Å². The van der Waals surface area contributed by atoms with Crippen LogP contribution in [0.2, 0.25) is 0 Å². The molecule has 0 aliphatic rings. The van der Waals surface area contributed by atoms with Crippen LogP contribution < -0.4 is 10.5 Å². The smallest absolute Gasteiger partial charge is 0.124 e. The van der Waals surface area contributed by atoms with Crippen molar-refractivity contribution in [3.63, 3.8) is 0 Å². The molecule has 0 heterocycles. The fourth-order valence-corrected chi connectivity index (χ4v) is 1.73. The first kappa shape index (κ1) is 11.5. The van der Waals surface area contributed by atoms with Crippen molar-refractivity contribution < 1.29 is 9.13 Å². The monoisotopic (exact) mass is 231 g/mol. The van der Waals surface area contributed by atoms with Gasteiger partial charge in [0, 0.05) is 18.2 Å². The highest BCUT2D eigenvalue weighted by Crippen LogP contribution is 2.24. The predicted molar refractivity (Wildman–Crippen MR) is 66.6 cm³/mol. The third kappa shape index (κ3) is 2.75. The van der Waals surface area contributed by atoms with E-state index in [1.807, 2.05) is 12.1 Å². The summed E-state index contributed by atoms with van der Waals surface area (Å²) in [6.07, 6.45) is 0.698. The predicted octanol–water partition coefficient (Wildman–Crippen LogP) is 3.01. The number of hydrogen-bond donors (Lipinski definition) is 1. The van der Waals surface area contributed by atoms with Gasteiger partial charge in [0.15, 0.2) is 0 Å². The van der Waals surface area contributed by atoms with E-state index in [1.54, 1.807) is 25.3 Å². The highest BCUT2D eigenvalue weighted by Gasteiger charge is 2.04. The molecule has 0 fully saturated rings. The van der Waals surface area contributed by atoms with Gasteiger partial charge in [-0.15, -0.1) is 0 Å². The average molecular weight is 231 g/mol. The first-order valence-corrected chi connectivity index (χ1v) is 5.36. The molecule has 3 heteroatoms. The van der Waals surface area contributed by atoms with Crippen LogP contribution in [-0.4, -0.2) is 7.11 Å². The molecule has 0 amide bonds. The van der Waals surface area contributed by atoms with E-state index in [9.17, 15) is 4.39 Å². The third-order valence-electron chi connectivity index (χ3n) is 2.62. The Labute approximate surface area is 99.8 Å². The van der Waals surface area contributed by atoms with Gasteiger partial charge in [0.25, 0.3) is 0 Å². The molecule has 0 bridgehead atoms. The maximum atomic E-state index is 12.8. The van der Waals surface area contributed by atoms with Crippen molar-refractivity contribution in [3.05, 3.63) is 59.4 Å². The molecule has 0 aliphatic carbocycles. The van der Waals surface area contributed by atoms with Crippen LogP contribution in [0.4, 0.5) is 10.1 Å². The lowest BCUT2D eigenvalue weighted by atomic mass is 10.0. The van der Waals surface area contributed by atoms with Crippen molar-refractivity contribution in [3.8, 4) is 5.75 Å². The van der Waals surface area contributed by atoms with E-state index in [0.29, 0.717) is 12.1 Å². The summed E-state index contributed by atoms with van der Waals surface area (Å²) in [6, 6.07) is 12.0. The largest absolute Gasteiger partial charge is 0.496 e. The van der Waals surface area contributed by atoms with Gasteiger partial charge in [-0.3, -0.25) is 0 Å². The number of nitrogens with two attached hydrogens (primary N) is 1. The molecule has 0 saturated carbocycles. The number of anilines is 1. The normalized spacial score (nSPS) is 10.2. The van der Waals surface area contributed by atoms with Gasteiger partial charge in [0.1, 0.15) is 11.6 Å². The number of methoxy groups -OCH3 is 1. The van der Waals surface area contributed by atoms with Crippen LogP contribution in [-0.2, 0) is 6.42 Å². The lowest BCUT2D eigenvalue weighted by Crippen LogP contribution is -1.96. The topological polar surface area (TPSA) is 35.2 Å². The van der Waals surface area contributed by atoms with Crippen molar-refractivity contribution in [2.45, 2.75) is 6.42 Å². The number of rotatable bonds is 3. The van der Waals surface area contributed by atoms with Crippen molar-refractivity contribution in [2.75, 3.05) is 12.8 Å². The number of nitrogen functional groups attached to an aromatic ring is 1. The molecule has 0 atom stereocenters. The van der Waals surface area contributed by atoms with E-state index in [-0.39, 0.29) is 5.82 Å². The number of hydrogen-bond acceptors (Lipinski definition) is 2. The minimum atomic E-state index is -0.224. The molecule has 0 radical (unpaired) electrons. The van der Waals surface area contributed by atoms with Crippen LogP contribution in [0.25, 0.3) is 0 Å². The molecule has 2 nitrogen and oxygen atoms in total. The van der Waals surface area contributed by atoms with E-state index < -0.39 is 0 Å². The maximum absolute atomic E-state index is 12.8. The molecule has 0 unspecified atom stereocenters. The number of benzene rings is 2. The average Bonchev–Trinajstić information content (AvgIpc) is 2.34. The summed E-state index contributed by atoms with van der Waals surface area (Å²) >= 11 is 0. The molecule has 2 aromatic carbocycles. The zero-order valence-corrected chi connectivity index (χ0v) is 9.61. The molecule has 0 aliphatic heterocycles. The van der Waals surface area contributed by atoms with Crippen molar-refractivity contribution in [1.82, 2.24) is 0 Å². The van der Waals surface area contributed by atoms with E-state index in [4.69, 9.17) is 10.5 Å². The van der Waals surface area contributed by atoms with Gasteiger partial charge in [-0.2, -0.15) is 0 Å². The first-order valence-electron chi connectivity index (χ1n) is 5.36. The summed E-state index contributed by atoms with van der Waals surface area (Å²) in [7, 11) is 1.61. The van der Waals surface area contributed by atoms with E-state index >= 15 is 0 Å². The standard InChI is InChI=1S/C14H14FNO/c1-17-14-9-13(16)7-4-11(14)8-10-2-5-12(15)6-3-10/h2-7,9H,8,16H2,1H3. The van der Waals surface area contributed by atoms with Crippen molar-refractivity contribution in [2.24, 2.45) is 0 Å². The Morgan fingerprint density at radius 3 is 2.47 bits per heavy atom. The second kappa shape index (κ2) is 4.87.